The van der Waals surface area contributed by atoms with Crippen molar-refractivity contribution in [2.75, 3.05) is 25.5 Å². The molecule has 210 valence electrons. The molecule has 5 aromatic rings. The van der Waals surface area contributed by atoms with E-state index < -0.39 is 17.6 Å². The summed E-state index contributed by atoms with van der Waals surface area (Å²) in [7, 11) is 3.83. The van der Waals surface area contributed by atoms with E-state index in [0.29, 0.717) is 30.1 Å². The van der Waals surface area contributed by atoms with Crippen molar-refractivity contribution in [2.24, 2.45) is 13.0 Å². The van der Waals surface area contributed by atoms with Crippen LogP contribution in [0.5, 0.6) is 0 Å². The lowest BCUT2D eigenvalue weighted by molar-refractivity contribution is -0.135. The molecular weight excluding hydrogens is 531 g/mol. The van der Waals surface area contributed by atoms with Crippen LogP contribution in [-0.2, 0) is 18.0 Å². The van der Waals surface area contributed by atoms with E-state index in [1.807, 2.05) is 61.1 Å². The van der Waals surface area contributed by atoms with Gasteiger partial charge in [0.1, 0.15) is 17.7 Å². The summed E-state index contributed by atoms with van der Waals surface area (Å²) in [5, 5.41) is 10.8. The van der Waals surface area contributed by atoms with Gasteiger partial charge in [-0.3, -0.25) is 4.79 Å². The number of aromatic nitrogens is 5. The Bertz CT molecular complexity index is 1730. The highest BCUT2D eigenvalue weighted by Gasteiger charge is 2.38. The fourth-order valence-electron chi connectivity index (χ4n) is 5.41. The lowest BCUT2D eigenvalue weighted by atomic mass is 9.96. The minimum absolute atomic E-state index is 0.162. The molecule has 1 fully saturated rings. The molecule has 3 heterocycles. The standard InChI is InChI=1S/C30H28F3N7O/c1-39-14-12-18(13-15-39)29(41)36-23-10-11-24-26(25(23)30(31,32)33)37-27(35-24)20-7-5-6-19(16-20)21-8-3-4-9-22(21)28-38-34-17-40(28)2/h3-11,16-18H,12-15H2,1-2H3,(H,35,37)(H,36,41). The Hall–Kier alpha value is -4.51. The Morgan fingerprint density at radius 1 is 0.976 bits per heavy atom. The molecule has 1 aliphatic rings. The number of fused-ring (bicyclic) bond motifs is 1. The largest absolute Gasteiger partial charge is 0.420 e. The van der Waals surface area contributed by atoms with E-state index in [2.05, 4.69) is 30.4 Å². The fourth-order valence-corrected chi connectivity index (χ4v) is 5.41. The average Bonchev–Trinajstić information content (AvgIpc) is 3.59. The second kappa shape index (κ2) is 10.5. The number of aromatic amines is 1. The minimum Gasteiger partial charge on any atom is -0.337 e. The van der Waals surface area contributed by atoms with E-state index in [1.54, 1.807) is 12.4 Å². The minimum atomic E-state index is -4.71. The molecule has 0 bridgehead atoms. The summed E-state index contributed by atoms with van der Waals surface area (Å²) in [4.78, 5) is 22.4. The first-order chi connectivity index (χ1) is 19.7. The van der Waals surface area contributed by atoms with Crippen molar-refractivity contribution in [3.05, 3.63) is 72.6 Å². The van der Waals surface area contributed by atoms with Crippen molar-refractivity contribution < 1.29 is 18.0 Å². The van der Waals surface area contributed by atoms with Crippen LogP contribution < -0.4 is 5.32 Å². The molecule has 0 radical (unpaired) electrons. The zero-order valence-electron chi connectivity index (χ0n) is 22.5. The van der Waals surface area contributed by atoms with Crippen molar-refractivity contribution >= 4 is 22.6 Å². The van der Waals surface area contributed by atoms with Crippen molar-refractivity contribution in [2.45, 2.75) is 19.0 Å². The first-order valence-corrected chi connectivity index (χ1v) is 13.3. The SMILES string of the molecule is CN1CCC(C(=O)Nc2ccc3nc(-c4cccc(-c5ccccc5-c5nncn5C)c4)[nH]c3c2C(F)(F)F)CC1. The summed E-state index contributed by atoms with van der Waals surface area (Å²) in [5.74, 6) is 0.270. The van der Waals surface area contributed by atoms with Crippen molar-refractivity contribution in [1.82, 2.24) is 29.6 Å². The number of halogens is 3. The Morgan fingerprint density at radius 3 is 2.41 bits per heavy atom. The van der Waals surface area contributed by atoms with Gasteiger partial charge in [0.05, 0.1) is 16.7 Å². The zero-order chi connectivity index (χ0) is 28.7. The number of anilines is 1. The summed E-state index contributed by atoms with van der Waals surface area (Å²) in [6, 6.07) is 18.0. The molecular formula is C30H28F3N7O. The van der Waals surface area contributed by atoms with E-state index in [0.717, 1.165) is 29.8 Å². The van der Waals surface area contributed by atoms with Crippen LogP contribution >= 0.6 is 0 Å². The van der Waals surface area contributed by atoms with Gasteiger partial charge in [-0.05, 0) is 62.3 Å². The number of carbonyl (C=O) groups is 1. The smallest absolute Gasteiger partial charge is 0.337 e. The van der Waals surface area contributed by atoms with Gasteiger partial charge in [0.15, 0.2) is 5.82 Å². The van der Waals surface area contributed by atoms with E-state index >= 15 is 0 Å². The topological polar surface area (TPSA) is 91.7 Å². The summed E-state index contributed by atoms with van der Waals surface area (Å²) in [6.07, 6.45) is -1.87. The maximum atomic E-state index is 14.4. The van der Waals surface area contributed by atoms with E-state index in [9.17, 15) is 18.0 Å². The fraction of sp³-hybridized carbons (Fsp3) is 0.267. The molecule has 1 saturated heterocycles. The van der Waals surface area contributed by atoms with Gasteiger partial charge in [0.25, 0.3) is 0 Å². The number of likely N-dealkylation sites (tertiary alicyclic amines) is 1. The number of imidazole rings is 1. The van der Waals surface area contributed by atoms with Crippen LogP contribution in [0.25, 0.3) is 44.9 Å². The van der Waals surface area contributed by atoms with Crippen molar-refractivity contribution in [1.29, 1.82) is 0 Å². The molecule has 1 aliphatic heterocycles. The van der Waals surface area contributed by atoms with Crippen LogP contribution in [0.1, 0.15) is 18.4 Å². The third-order valence-electron chi connectivity index (χ3n) is 7.62. The number of aryl methyl sites for hydroxylation is 1. The Balaban J connectivity index is 1.38. The van der Waals surface area contributed by atoms with E-state index in [1.165, 1.54) is 12.1 Å². The van der Waals surface area contributed by atoms with Gasteiger partial charge in [-0.1, -0.05) is 42.5 Å². The number of benzene rings is 3. The molecule has 0 aliphatic carbocycles. The summed E-state index contributed by atoms with van der Waals surface area (Å²) >= 11 is 0. The van der Waals surface area contributed by atoms with Crippen LogP contribution in [0.2, 0.25) is 0 Å². The number of alkyl halides is 3. The highest BCUT2D eigenvalue weighted by molar-refractivity contribution is 5.97. The molecule has 0 saturated carbocycles. The summed E-state index contributed by atoms with van der Waals surface area (Å²) < 4.78 is 45.1. The van der Waals surface area contributed by atoms with E-state index in [4.69, 9.17) is 0 Å². The predicted molar refractivity (Wildman–Crippen MR) is 151 cm³/mol. The van der Waals surface area contributed by atoms with Gasteiger partial charge < -0.3 is 19.8 Å². The van der Waals surface area contributed by atoms with Gasteiger partial charge in [0.2, 0.25) is 5.91 Å². The molecule has 1 amide bonds. The highest BCUT2D eigenvalue weighted by atomic mass is 19.4. The number of rotatable bonds is 5. The van der Waals surface area contributed by atoms with Crippen LogP contribution in [-0.4, -0.2) is 55.7 Å². The van der Waals surface area contributed by atoms with Gasteiger partial charge in [0, 0.05) is 24.1 Å². The zero-order valence-corrected chi connectivity index (χ0v) is 22.5. The van der Waals surface area contributed by atoms with Crippen LogP contribution in [0, 0.1) is 5.92 Å². The molecule has 8 nitrogen and oxygen atoms in total. The van der Waals surface area contributed by atoms with Crippen LogP contribution in [0.4, 0.5) is 18.9 Å². The molecule has 2 N–H and O–H groups in total. The van der Waals surface area contributed by atoms with Crippen molar-refractivity contribution in [3.63, 3.8) is 0 Å². The van der Waals surface area contributed by atoms with Gasteiger partial charge in [-0.2, -0.15) is 13.2 Å². The summed E-state index contributed by atoms with van der Waals surface area (Å²) in [5.41, 5.74) is 2.04. The lowest BCUT2D eigenvalue weighted by Crippen LogP contribution is -2.36. The van der Waals surface area contributed by atoms with Gasteiger partial charge in [-0.25, -0.2) is 4.98 Å². The number of amides is 1. The number of piperidine rings is 1. The predicted octanol–water partition coefficient (Wildman–Crippen LogP) is 5.99. The van der Waals surface area contributed by atoms with Crippen LogP contribution in [0.15, 0.2) is 67.0 Å². The number of nitrogens with zero attached hydrogens (tertiary/aromatic N) is 5. The summed E-state index contributed by atoms with van der Waals surface area (Å²) in [6.45, 7) is 1.46. The number of H-pyrrole nitrogens is 1. The maximum Gasteiger partial charge on any atom is 0.420 e. The molecule has 0 spiro atoms. The Morgan fingerprint density at radius 2 is 1.71 bits per heavy atom. The molecule has 2 aromatic heterocycles. The quantitative estimate of drug-likeness (QED) is 0.276. The van der Waals surface area contributed by atoms with Gasteiger partial charge in [-0.15, -0.1) is 10.2 Å². The first-order valence-electron chi connectivity index (χ1n) is 13.3. The first kappa shape index (κ1) is 26.7. The maximum absolute atomic E-state index is 14.4. The molecule has 0 atom stereocenters. The average molecular weight is 560 g/mol. The Kier molecular flexibility index (Phi) is 6.82. The molecule has 11 heteroatoms. The van der Waals surface area contributed by atoms with E-state index in [-0.39, 0.29) is 22.6 Å². The number of nitrogens with one attached hydrogen (secondary N) is 2. The third kappa shape index (κ3) is 5.20. The lowest BCUT2D eigenvalue weighted by Gasteiger charge is -2.28. The second-order valence-electron chi connectivity index (χ2n) is 10.4. The molecule has 3 aromatic carbocycles. The number of hydrogen-bond acceptors (Lipinski definition) is 5. The van der Waals surface area contributed by atoms with Crippen LogP contribution in [0.3, 0.4) is 0 Å². The molecule has 6 rings (SSSR count). The second-order valence-corrected chi connectivity index (χ2v) is 10.4. The highest BCUT2D eigenvalue weighted by Crippen LogP contribution is 2.41. The molecule has 0 unspecified atom stereocenters. The Labute approximate surface area is 234 Å². The van der Waals surface area contributed by atoms with Gasteiger partial charge >= 0.3 is 6.18 Å². The molecule has 41 heavy (non-hydrogen) atoms. The van der Waals surface area contributed by atoms with Crippen molar-refractivity contribution in [3.8, 4) is 33.9 Å². The number of hydrogen-bond donors (Lipinski definition) is 2. The third-order valence-corrected chi connectivity index (χ3v) is 7.62. The number of carbonyl (C=O) groups excluding carboxylic acids is 1. The monoisotopic (exact) mass is 559 g/mol. The normalized spacial score (nSPS) is 15.0.